The number of carbonyl (C=O) groups excluding carboxylic acids is 2. The van der Waals surface area contributed by atoms with Gasteiger partial charge in [0, 0.05) is 37.1 Å². The van der Waals surface area contributed by atoms with Crippen LogP contribution in [-0.2, 0) is 19.6 Å². The molecule has 0 bridgehead atoms. The van der Waals surface area contributed by atoms with Gasteiger partial charge in [-0.2, -0.15) is 4.31 Å². The summed E-state index contributed by atoms with van der Waals surface area (Å²) in [4.78, 5) is 27.6. The van der Waals surface area contributed by atoms with Crippen LogP contribution >= 0.6 is 11.3 Å². The number of thiophene rings is 1. The second kappa shape index (κ2) is 11.5. The van der Waals surface area contributed by atoms with E-state index in [1.54, 1.807) is 36.6 Å². The van der Waals surface area contributed by atoms with Crippen LogP contribution in [0.2, 0.25) is 0 Å². The lowest BCUT2D eigenvalue weighted by Crippen LogP contribution is -2.50. The minimum Gasteiger partial charge on any atom is -0.497 e. The molecule has 3 aromatic rings. The number of carbonyl (C=O) groups is 2. The van der Waals surface area contributed by atoms with E-state index < -0.39 is 16.0 Å². The quantitative estimate of drug-likeness (QED) is 0.405. The summed E-state index contributed by atoms with van der Waals surface area (Å²) >= 11 is 1.22. The summed E-state index contributed by atoms with van der Waals surface area (Å²) in [7, 11) is -2.12. The van der Waals surface area contributed by atoms with E-state index >= 15 is 0 Å². The highest BCUT2D eigenvalue weighted by Crippen LogP contribution is 2.37. The van der Waals surface area contributed by atoms with Crippen LogP contribution in [0.1, 0.15) is 23.0 Å². The Bertz CT molecular complexity index is 1360. The number of benzene rings is 1. The van der Waals surface area contributed by atoms with Crippen LogP contribution < -0.4 is 10.1 Å². The summed E-state index contributed by atoms with van der Waals surface area (Å²) in [6.07, 6.45) is 0. The Morgan fingerprint density at radius 1 is 1.08 bits per heavy atom. The Morgan fingerprint density at radius 2 is 1.78 bits per heavy atom. The molecule has 0 radical (unpaired) electrons. The molecule has 2 aromatic heterocycles. The average Bonchev–Trinajstić information content (AvgIpc) is 3.50. The number of nitrogens with one attached hydrogen (secondary N) is 1. The maximum absolute atomic E-state index is 13.0. The highest BCUT2D eigenvalue weighted by Gasteiger charge is 2.30. The van der Waals surface area contributed by atoms with Gasteiger partial charge in [-0.25, -0.2) is 13.2 Å². The highest BCUT2D eigenvalue weighted by molar-refractivity contribution is 7.89. The van der Waals surface area contributed by atoms with Crippen molar-refractivity contribution in [2.24, 2.45) is 0 Å². The summed E-state index contributed by atoms with van der Waals surface area (Å²) in [6.45, 7) is 5.10. The summed E-state index contributed by atoms with van der Waals surface area (Å²) in [5, 5.41) is 4.96. The fraction of sp³-hybridized carbons (Fsp3) is 0.360. The molecular weight excluding hydrogens is 518 g/mol. The zero-order valence-corrected chi connectivity index (χ0v) is 22.5. The van der Waals surface area contributed by atoms with Crippen molar-refractivity contribution in [2.75, 3.05) is 51.8 Å². The molecule has 1 fully saturated rings. The van der Waals surface area contributed by atoms with Gasteiger partial charge in [-0.1, -0.05) is 0 Å². The van der Waals surface area contributed by atoms with E-state index in [1.807, 2.05) is 11.8 Å². The number of piperazine rings is 1. The monoisotopic (exact) mass is 547 g/mol. The van der Waals surface area contributed by atoms with Gasteiger partial charge in [-0.15, -0.1) is 11.3 Å². The molecule has 10 nitrogen and oxygen atoms in total. The Balaban J connectivity index is 1.39. The summed E-state index contributed by atoms with van der Waals surface area (Å²) < 4.78 is 43.3. The van der Waals surface area contributed by atoms with Crippen LogP contribution in [0.3, 0.4) is 0 Å². The highest BCUT2D eigenvalue weighted by atomic mass is 32.2. The third-order valence-corrected chi connectivity index (χ3v) is 8.73. The van der Waals surface area contributed by atoms with E-state index in [9.17, 15) is 18.0 Å². The van der Waals surface area contributed by atoms with E-state index in [0.29, 0.717) is 40.9 Å². The molecular formula is C25H29N3O7S2. The first-order valence-corrected chi connectivity index (χ1v) is 14.1. The van der Waals surface area contributed by atoms with E-state index in [1.165, 1.54) is 34.9 Å². The maximum atomic E-state index is 13.0. The van der Waals surface area contributed by atoms with Crippen molar-refractivity contribution in [3.63, 3.8) is 0 Å². The van der Waals surface area contributed by atoms with Gasteiger partial charge >= 0.3 is 5.97 Å². The Hall–Kier alpha value is -3.19. The molecule has 0 unspecified atom stereocenters. The number of hydrogen-bond acceptors (Lipinski definition) is 9. The van der Waals surface area contributed by atoms with Crippen molar-refractivity contribution in [1.82, 2.24) is 9.21 Å². The van der Waals surface area contributed by atoms with E-state index in [2.05, 4.69) is 5.32 Å². The van der Waals surface area contributed by atoms with E-state index in [-0.39, 0.29) is 42.6 Å². The number of esters is 1. The molecule has 198 valence electrons. The number of nitrogens with zero attached hydrogens (tertiary/aromatic N) is 2. The molecule has 1 aliphatic rings. The molecule has 12 heteroatoms. The number of aryl methyl sites for hydroxylation is 1. The number of hydrogen-bond donors (Lipinski definition) is 1. The minimum absolute atomic E-state index is 0.0613. The largest absolute Gasteiger partial charge is 0.497 e. The number of sulfonamides is 1. The third kappa shape index (κ3) is 6.04. The van der Waals surface area contributed by atoms with Crippen molar-refractivity contribution >= 4 is 38.2 Å². The second-order valence-electron chi connectivity index (χ2n) is 8.39. The van der Waals surface area contributed by atoms with Gasteiger partial charge in [-0.05, 0) is 50.2 Å². The minimum atomic E-state index is -3.64. The molecule has 1 aliphatic heterocycles. The van der Waals surface area contributed by atoms with Gasteiger partial charge in [0.1, 0.15) is 27.8 Å². The molecule has 0 aliphatic carbocycles. The Kier molecular flexibility index (Phi) is 8.32. The van der Waals surface area contributed by atoms with Gasteiger partial charge in [0.05, 0.1) is 25.2 Å². The number of rotatable bonds is 9. The number of amides is 1. The first-order valence-electron chi connectivity index (χ1n) is 11.7. The standard InChI is InChI=1S/C25H29N3O7S2/c1-4-34-25(30)23-20(21-10-5-17(2)35-21)16-36-24(23)26-22(29)15-27-11-13-28(14-12-27)37(31,32)19-8-6-18(33-3)7-9-19/h5-10,16H,4,11-15H2,1-3H3,(H,26,29). The van der Waals surface area contributed by atoms with Gasteiger partial charge < -0.3 is 19.2 Å². The Morgan fingerprint density at radius 3 is 2.38 bits per heavy atom. The predicted octanol–water partition coefficient (Wildman–Crippen LogP) is 3.45. The molecule has 1 aromatic carbocycles. The number of anilines is 1. The number of methoxy groups -OCH3 is 1. The predicted molar refractivity (Wildman–Crippen MR) is 140 cm³/mol. The smallest absolute Gasteiger partial charge is 0.341 e. The molecule has 0 atom stereocenters. The van der Waals surface area contributed by atoms with Crippen LogP contribution in [0.4, 0.5) is 5.00 Å². The zero-order valence-electron chi connectivity index (χ0n) is 20.9. The van der Waals surface area contributed by atoms with Crippen molar-refractivity contribution in [3.8, 4) is 17.1 Å². The summed E-state index contributed by atoms with van der Waals surface area (Å²) in [5.74, 6) is 0.959. The summed E-state index contributed by atoms with van der Waals surface area (Å²) in [6, 6.07) is 9.84. The van der Waals surface area contributed by atoms with Crippen molar-refractivity contribution < 1.29 is 31.9 Å². The molecule has 1 amide bonds. The van der Waals surface area contributed by atoms with Crippen LogP contribution in [-0.4, -0.2) is 75.9 Å². The van der Waals surface area contributed by atoms with Gasteiger partial charge in [-0.3, -0.25) is 9.69 Å². The van der Waals surface area contributed by atoms with Crippen LogP contribution in [0.5, 0.6) is 5.75 Å². The molecule has 0 spiro atoms. The van der Waals surface area contributed by atoms with Crippen LogP contribution in [0.25, 0.3) is 11.3 Å². The second-order valence-corrected chi connectivity index (χ2v) is 11.2. The normalized spacial score (nSPS) is 14.9. The number of furan rings is 1. The maximum Gasteiger partial charge on any atom is 0.341 e. The average molecular weight is 548 g/mol. The van der Waals surface area contributed by atoms with Crippen LogP contribution in [0, 0.1) is 6.92 Å². The van der Waals surface area contributed by atoms with Crippen molar-refractivity contribution in [1.29, 1.82) is 0 Å². The molecule has 3 heterocycles. The lowest BCUT2D eigenvalue weighted by Gasteiger charge is -2.33. The molecule has 0 saturated carbocycles. The Labute approximate surface area is 219 Å². The van der Waals surface area contributed by atoms with Crippen molar-refractivity contribution in [3.05, 3.63) is 53.1 Å². The zero-order chi connectivity index (χ0) is 26.6. The summed E-state index contributed by atoms with van der Waals surface area (Å²) in [5.41, 5.74) is 0.814. The molecule has 4 rings (SSSR count). The van der Waals surface area contributed by atoms with Crippen molar-refractivity contribution in [2.45, 2.75) is 18.7 Å². The topological polar surface area (TPSA) is 118 Å². The fourth-order valence-corrected chi connectivity index (χ4v) is 6.39. The molecule has 1 N–H and O–H groups in total. The van der Waals surface area contributed by atoms with E-state index in [0.717, 1.165) is 0 Å². The number of ether oxygens (including phenoxy) is 2. The first kappa shape index (κ1) is 26.9. The first-order chi connectivity index (χ1) is 17.7. The molecule has 1 saturated heterocycles. The van der Waals surface area contributed by atoms with Gasteiger partial charge in [0.15, 0.2) is 0 Å². The SMILES string of the molecule is CCOC(=O)c1c(-c2ccc(C)o2)csc1NC(=O)CN1CCN(S(=O)(=O)c2ccc(OC)cc2)CC1. The van der Waals surface area contributed by atoms with Gasteiger partial charge in [0.25, 0.3) is 0 Å². The third-order valence-electron chi connectivity index (χ3n) is 5.93. The lowest BCUT2D eigenvalue weighted by atomic mass is 10.1. The van der Waals surface area contributed by atoms with Gasteiger partial charge in [0.2, 0.25) is 15.9 Å². The van der Waals surface area contributed by atoms with E-state index in [4.69, 9.17) is 13.9 Å². The molecule has 37 heavy (non-hydrogen) atoms. The fourth-order valence-electron chi connectivity index (χ4n) is 4.01. The lowest BCUT2D eigenvalue weighted by molar-refractivity contribution is -0.117. The van der Waals surface area contributed by atoms with Crippen LogP contribution in [0.15, 0.2) is 51.1 Å².